The van der Waals surface area contributed by atoms with Gasteiger partial charge in [-0.2, -0.15) is 5.26 Å². The van der Waals surface area contributed by atoms with Gasteiger partial charge in [-0.05, 0) is 61.4 Å². The molecule has 0 aliphatic rings. The van der Waals surface area contributed by atoms with Crippen LogP contribution < -0.4 is 4.74 Å². The summed E-state index contributed by atoms with van der Waals surface area (Å²) in [4.78, 5) is 12.1. The third-order valence-corrected chi connectivity index (χ3v) is 3.33. The highest BCUT2D eigenvalue weighted by Crippen LogP contribution is 2.27. The molecule has 4 heteroatoms. The summed E-state index contributed by atoms with van der Waals surface area (Å²) in [5.74, 6) is 0.551. The molecule has 0 aromatic heterocycles. The molecule has 0 saturated carbocycles. The van der Waals surface area contributed by atoms with Crippen molar-refractivity contribution in [3.8, 4) is 11.8 Å². The number of nitriles is 1. The van der Waals surface area contributed by atoms with E-state index in [0.717, 1.165) is 11.1 Å². The van der Waals surface area contributed by atoms with E-state index in [1.807, 2.05) is 19.9 Å². The third-order valence-electron chi connectivity index (χ3n) is 3.11. The van der Waals surface area contributed by atoms with Crippen molar-refractivity contribution in [1.82, 2.24) is 0 Å². The zero-order chi connectivity index (χ0) is 15.4. The van der Waals surface area contributed by atoms with E-state index >= 15 is 0 Å². The minimum Gasteiger partial charge on any atom is -0.485 e. The van der Waals surface area contributed by atoms with E-state index in [9.17, 15) is 4.79 Å². The Morgan fingerprint density at radius 3 is 2.29 bits per heavy atom. The molecule has 0 spiro atoms. The van der Waals surface area contributed by atoms with Gasteiger partial charge in [-0.1, -0.05) is 11.6 Å². The van der Waals surface area contributed by atoms with Crippen molar-refractivity contribution in [3.63, 3.8) is 0 Å². The minimum absolute atomic E-state index is 0.0464. The first-order valence-electron chi connectivity index (χ1n) is 6.44. The Morgan fingerprint density at radius 2 is 1.76 bits per heavy atom. The molecule has 2 aromatic rings. The van der Waals surface area contributed by atoms with Gasteiger partial charge in [0, 0.05) is 10.6 Å². The Hall–Kier alpha value is -2.31. The molecular formula is C17H14ClNO2. The molecule has 2 aromatic carbocycles. The molecule has 0 radical (unpaired) electrons. The fourth-order valence-electron chi connectivity index (χ4n) is 2.08. The molecule has 106 valence electrons. The molecule has 2 rings (SSSR count). The van der Waals surface area contributed by atoms with Gasteiger partial charge < -0.3 is 4.74 Å². The monoisotopic (exact) mass is 299 g/mol. The molecule has 3 nitrogen and oxygen atoms in total. The van der Waals surface area contributed by atoms with Gasteiger partial charge in [0.25, 0.3) is 0 Å². The molecule has 0 amide bonds. The smallest absolute Gasteiger partial charge is 0.200 e. The van der Waals surface area contributed by atoms with E-state index in [-0.39, 0.29) is 12.4 Å². The molecular weight excluding hydrogens is 286 g/mol. The number of Topliss-reactive ketones (excluding diaryl/α,β-unsaturated/α-hetero) is 1. The van der Waals surface area contributed by atoms with Crippen LogP contribution in [0, 0.1) is 25.2 Å². The second-order valence-electron chi connectivity index (χ2n) is 4.77. The van der Waals surface area contributed by atoms with Crippen molar-refractivity contribution >= 4 is 17.4 Å². The normalized spacial score (nSPS) is 10.0. The molecule has 0 saturated heterocycles. The van der Waals surface area contributed by atoms with E-state index in [4.69, 9.17) is 21.6 Å². The Kier molecular flexibility index (Phi) is 4.62. The van der Waals surface area contributed by atoms with Gasteiger partial charge in [0.1, 0.15) is 5.75 Å². The van der Waals surface area contributed by atoms with E-state index < -0.39 is 0 Å². The number of carbonyl (C=O) groups excluding carboxylic acids is 1. The zero-order valence-electron chi connectivity index (χ0n) is 11.8. The lowest BCUT2D eigenvalue weighted by Gasteiger charge is -2.12. The second-order valence-corrected chi connectivity index (χ2v) is 5.21. The predicted octanol–water partition coefficient (Wildman–Crippen LogP) is 4.09. The predicted molar refractivity (Wildman–Crippen MR) is 81.9 cm³/mol. The second kappa shape index (κ2) is 6.43. The molecule has 0 heterocycles. The van der Waals surface area contributed by atoms with Gasteiger partial charge >= 0.3 is 0 Å². The van der Waals surface area contributed by atoms with Crippen LogP contribution in [0.25, 0.3) is 0 Å². The molecule has 21 heavy (non-hydrogen) atoms. The van der Waals surface area contributed by atoms with Crippen LogP contribution in [0.2, 0.25) is 5.02 Å². The molecule has 0 bridgehead atoms. The Balaban J connectivity index is 2.09. The fraction of sp³-hybridized carbons (Fsp3) is 0.176. The van der Waals surface area contributed by atoms with Gasteiger partial charge in [-0.3, -0.25) is 4.79 Å². The maximum Gasteiger partial charge on any atom is 0.200 e. The maximum absolute atomic E-state index is 12.1. The topological polar surface area (TPSA) is 50.1 Å². The Morgan fingerprint density at radius 1 is 1.19 bits per heavy atom. The summed E-state index contributed by atoms with van der Waals surface area (Å²) in [5, 5.41) is 9.38. The largest absolute Gasteiger partial charge is 0.485 e. The molecule has 0 unspecified atom stereocenters. The number of nitrogens with zero attached hydrogens (tertiary/aromatic N) is 1. The lowest BCUT2D eigenvalue weighted by Crippen LogP contribution is -2.12. The van der Waals surface area contributed by atoms with Crippen LogP contribution in [0.5, 0.6) is 5.75 Å². The van der Waals surface area contributed by atoms with Crippen LogP contribution in [0.4, 0.5) is 0 Å². The van der Waals surface area contributed by atoms with E-state index in [1.165, 1.54) is 0 Å². The first-order valence-corrected chi connectivity index (χ1v) is 6.82. The van der Waals surface area contributed by atoms with Crippen molar-refractivity contribution in [2.45, 2.75) is 13.8 Å². The van der Waals surface area contributed by atoms with Gasteiger partial charge in [0.05, 0.1) is 11.6 Å². The summed E-state index contributed by atoms with van der Waals surface area (Å²) in [6.07, 6.45) is 0. The summed E-state index contributed by atoms with van der Waals surface area (Å²) in [7, 11) is 0. The molecule has 0 fully saturated rings. The first kappa shape index (κ1) is 15.1. The third kappa shape index (κ3) is 3.62. The van der Waals surface area contributed by atoms with Crippen LogP contribution in [-0.4, -0.2) is 12.4 Å². The first-order chi connectivity index (χ1) is 10.0. The van der Waals surface area contributed by atoms with Crippen LogP contribution in [0.15, 0.2) is 36.4 Å². The number of carbonyl (C=O) groups is 1. The number of benzene rings is 2. The number of aryl methyl sites for hydroxylation is 2. The molecule has 0 atom stereocenters. The van der Waals surface area contributed by atoms with Crippen LogP contribution in [0.3, 0.4) is 0 Å². The van der Waals surface area contributed by atoms with Crippen molar-refractivity contribution in [3.05, 3.63) is 63.7 Å². The average molecular weight is 300 g/mol. The van der Waals surface area contributed by atoms with Gasteiger partial charge in [-0.15, -0.1) is 0 Å². The SMILES string of the molecule is Cc1cc(Cl)cc(C)c1OCC(=O)c1ccc(C#N)cc1. The number of hydrogen-bond acceptors (Lipinski definition) is 3. The maximum atomic E-state index is 12.1. The molecule has 0 aliphatic heterocycles. The van der Waals surface area contributed by atoms with E-state index in [2.05, 4.69) is 0 Å². The van der Waals surface area contributed by atoms with Crippen molar-refractivity contribution in [2.24, 2.45) is 0 Å². The summed E-state index contributed by atoms with van der Waals surface area (Å²) in [6, 6.07) is 12.1. The van der Waals surface area contributed by atoms with Crippen LogP contribution in [-0.2, 0) is 0 Å². The van der Waals surface area contributed by atoms with Crippen LogP contribution in [0.1, 0.15) is 27.0 Å². The highest BCUT2D eigenvalue weighted by molar-refractivity contribution is 6.30. The highest BCUT2D eigenvalue weighted by Gasteiger charge is 2.10. The van der Waals surface area contributed by atoms with E-state index in [1.54, 1.807) is 36.4 Å². The standard InChI is InChI=1S/C17H14ClNO2/c1-11-7-15(18)8-12(2)17(11)21-10-16(20)14-5-3-13(9-19)4-6-14/h3-8H,10H2,1-2H3. The quantitative estimate of drug-likeness (QED) is 0.799. The summed E-state index contributed by atoms with van der Waals surface area (Å²) >= 11 is 5.96. The fourth-order valence-corrected chi connectivity index (χ4v) is 2.40. The lowest BCUT2D eigenvalue weighted by molar-refractivity contribution is 0.0920. The van der Waals surface area contributed by atoms with Crippen LogP contribution >= 0.6 is 11.6 Å². The summed E-state index contributed by atoms with van der Waals surface area (Å²) in [5.41, 5.74) is 2.84. The highest BCUT2D eigenvalue weighted by atomic mass is 35.5. The van der Waals surface area contributed by atoms with Gasteiger partial charge in [0.2, 0.25) is 0 Å². The molecule has 0 N–H and O–H groups in total. The number of hydrogen-bond donors (Lipinski definition) is 0. The number of rotatable bonds is 4. The summed E-state index contributed by atoms with van der Waals surface area (Å²) in [6.45, 7) is 3.73. The number of halogens is 1. The average Bonchev–Trinajstić information content (AvgIpc) is 2.46. The zero-order valence-corrected chi connectivity index (χ0v) is 12.6. The lowest BCUT2D eigenvalue weighted by atomic mass is 10.1. The number of ketones is 1. The van der Waals surface area contributed by atoms with E-state index in [0.29, 0.717) is 21.9 Å². The van der Waals surface area contributed by atoms with Crippen molar-refractivity contribution < 1.29 is 9.53 Å². The van der Waals surface area contributed by atoms with Gasteiger partial charge in [-0.25, -0.2) is 0 Å². The van der Waals surface area contributed by atoms with Crippen molar-refractivity contribution in [1.29, 1.82) is 5.26 Å². The Bertz CT molecular complexity index is 692. The Labute approximate surface area is 128 Å². The number of ether oxygens (including phenoxy) is 1. The van der Waals surface area contributed by atoms with Crippen molar-refractivity contribution in [2.75, 3.05) is 6.61 Å². The van der Waals surface area contributed by atoms with Gasteiger partial charge in [0.15, 0.2) is 12.4 Å². The molecule has 0 aliphatic carbocycles. The minimum atomic E-state index is -0.131. The summed E-state index contributed by atoms with van der Waals surface area (Å²) < 4.78 is 5.62.